The van der Waals surface area contributed by atoms with Gasteiger partial charge in [0.25, 0.3) is 5.91 Å². The van der Waals surface area contributed by atoms with Crippen LogP contribution in [0, 0.1) is 0 Å². The Balaban J connectivity index is 1.43. The number of esters is 1. The second-order valence-electron chi connectivity index (χ2n) is 6.74. The molecular weight excluding hydrogens is 396 g/mol. The van der Waals surface area contributed by atoms with Crippen LogP contribution in [0.1, 0.15) is 33.4 Å². The van der Waals surface area contributed by atoms with E-state index in [1.54, 1.807) is 24.3 Å². The lowest BCUT2D eigenvalue weighted by molar-refractivity contribution is -0.145. The average molecular weight is 417 g/mol. The van der Waals surface area contributed by atoms with Gasteiger partial charge in [0.1, 0.15) is 11.6 Å². The Morgan fingerprint density at radius 3 is 2.30 bits per heavy atom. The molecule has 1 N–H and O–H groups in total. The molecular formula is C24H20N2O3S. The predicted octanol–water partition coefficient (Wildman–Crippen LogP) is 4.90. The van der Waals surface area contributed by atoms with Crippen molar-refractivity contribution in [1.29, 1.82) is 0 Å². The molecule has 30 heavy (non-hydrogen) atoms. The Hall–Kier alpha value is -3.51. The molecule has 0 aliphatic heterocycles. The third-order valence-electron chi connectivity index (χ3n) is 4.61. The largest absolute Gasteiger partial charge is 0.458 e. The van der Waals surface area contributed by atoms with Gasteiger partial charge in [0, 0.05) is 5.56 Å². The van der Waals surface area contributed by atoms with Crippen LogP contribution in [-0.2, 0) is 16.1 Å². The van der Waals surface area contributed by atoms with Crippen molar-refractivity contribution in [3.8, 4) is 0 Å². The summed E-state index contributed by atoms with van der Waals surface area (Å²) in [4.78, 5) is 29.6. The molecule has 1 heterocycles. The van der Waals surface area contributed by atoms with E-state index in [0.29, 0.717) is 5.56 Å². The normalized spacial score (nSPS) is 11.7. The summed E-state index contributed by atoms with van der Waals surface area (Å²) >= 11 is 1.50. The number of para-hydroxylation sites is 1. The van der Waals surface area contributed by atoms with Crippen LogP contribution in [0.15, 0.2) is 84.9 Å². The Kier molecular flexibility index (Phi) is 6.15. The number of carbonyl (C=O) groups excluding carboxylic acids is 2. The van der Waals surface area contributed by atoms with Crippen LogP contribution in [0.5, 0.6) is 0 Å². The minimum absolute atomic E-state index is 0.0352. The maximum absolute atomic E-state index is 12.6. The van der Waals surface area contributed by atoms with Crippen LogP contribution in [-0.4, -0.2) is 16.9 Å². The summed E-state index contributed by atoms with van der Waals surface area (Å²) < 4.78 is 6.51. The van der Waals surface area contributed by atoms with Gasteiger partial charge in [-0.05, 0) is 29.8 Å². The second kappa shape index (κ2) is 9.33. The van der Waals surface area contributed by atoms with Gasteiger partial charge in [-0.3, -0.25) is 9.59 Å². The van der Waals surface area contributed by atoms with Crippen molar-refractivity contribution in [2.45, 2.75) is 19.1 Å². The fourth-order valence-corrected chi connectivity index (χ4v) is 4.00. The minimum Gasteiger partial charge on any atom is -0.458 e. The average Bonchev–Trinajstić information content (AvgIpc) is 3.21. The van der Waals surface area contributed by atoms with Crippen molar-refractivity contribution in [3.63, 3.8) is 0 Å². The van der Waals surface area contributed by atoms with Gasteiger partial charge in [-0.1, -0.05) is 60.7 Å². The molecule has 0 saturated heterocycles. The zero-order valence-electron chi connectivity index (χ0n) is 16.2. The lowest BCUT2D eigenvalue weighted by Gasteiger charge is -2.18. The molecule has 0 saturated carbocycles. The molecule has 4 rings (SSSR count). The zero-order valence-corrected chi connectivity index (χ0v) is 17.0. The standard InChI is InChI=1S/C24H20N2O3S/c27-23(29-16-22-25-19-13-7-8-14-21(19)30-22)15-20(17-9-3-1-4-10-17)26-24(28)18-11-5-2-6-12-18/h1-14,20H,15-16H2,(H,26,28)/t20-/m0/s1. The van der Waals surface area contributed by atoms with E-state index in [-0.39, 0.29) is 18.9 Å². The summed E-state index contributed by atoms with van der Waals surface area (Å²) in [7, 11) is 0. The number of nitrogens with one attached hydrogen (secondary N) is 1. The van der Waals surface area contributed by atoms with Crippen LogP contribution in [0.3, 0.4) is 0 Å². The van der Waals surface area contributed by atoms with Crippen molar-refractivity contribution in [2.75, 3.05) is 0 Å². The summed E-state index contributed by atoms with van der Waals surface area (Å²) in [5, 5.41) is 3.69. The molecule has 0 unspecified atom stereocenters. The highest BCUT2D eigenvalue weighted by Gasteiger charge is 2.20. The molecule has 0 fully saturated rings. The van der Waals surface area contributed by atoms with Gasteiger partial charge in [-0.25, -0.2) is 4.98 Å². The van der Waals surface area contributed by atoms with Gasteiger partial charge in [-0.2, -0.15) is 0 Å². The highest BCUT2D eigenvalue weighted by Crippen LogP contribution is 2.23. The molecule has 0 aliphatic carbocycles. The molecule has 0 spiro atoms. The smallest absolute Gasteiger partial charge is 0.308 e. The van der Waals surface area contributed by atoms with Crippen molar-refractivity contribution >= 4 is 33.4 Å². The highest BCUT2D eigenvalue weighted by molar-refractivity contribution is 7.18. The summed E-state index contributed by atoms with van der Waals surface area (Å²) in [6.45, 7) is 0.117. The Labute approximate surface area is 178 Å². The van der Waals surface area contributed by atoms with Crippen LogP contribution < -0.4 is 5.32 Å². The van der Waals surface area contributed by atoms with E-state index in [1.807, 2.05) is 60.7 Å². The molecule has 0 aliphatic rings. The number of hydrogen-bond donors (Lipinski definition) is 1. The van der Waals surface area contributed by atoms with E-state index in [9.17, 15) is 9.59 Å². The summed E-state index contributed by atoms with van der Waals surface area (Å²) in [6, 6.07) is 25.7. The predicted molar refractivity (Wildman–Crippen MR) is 117 cm³/mol. The Morgan fingerprint density at radius 2 is 1.57 bits per heavy atom. The van der Waals surface area contributed by atoms with Gasteiger partial charge in [-0.15, -0.1) is 11.3 Å². The third kappa shape index (κ3) is 4.90. The first kappa shape index (κ1) is 19.8. The Morgan fingerprint density at radius 1 is 0.900 bits per heavy atom. The van der Waals surface area contributed by atoms with Crippen LogP contribution in [0.4, 0.5) is 0 Å². The monoisotopic (exact) mass is 416 g/mol. The van der Waals surface area contributed by atoms with Crippen molar-refractivity contribution in [1.82, 2.24) is 10.3 Å². The van der Waals surface area contributed by atoms with E-state index < -0.39 is 12.0 Å². The SMILES string of the molecule is O=C(C[C@H](NC(=O)c1ccccc1)c1ccccc1)OCc1nc2ccccc2s1. The van der Waals surface area contributed by atoms with Gasteiger partial charge < -0.3 is 10.1 Å². The molecule has 0 bridgehead atoms. The van der Waals surface area contributed by atoms with Gasteiger partial charge in [0.05, 0.1) is 22.7 Å². The molecule has 1 aromatic heterocycles. The molecule has 4 aromatic rings. The topological polar surface area (TPSA) is 68.3 Å². The second-order valence-corrected chi connectivity index (χ2v) is 7.86. The highest BCUT2D eigenvalue weighted by atomic mass is 32.1. The van der Waals surface area contributed by atoms with E-state index in [2.05, 4.69) is 10.3 Å². The van der Waals surface area contributed by atoms with E-state index in [4.69, 9.17) is 4.74 Å². The molecule has 150 valence electrons. The number of ether oxygens (including phenoxy) is 1. The lowest BCUT2D eigenvalue weighted by atomic mass is 10.0. The van der Waals surface area contributed by atoms with Gasteiger partial charge in [0.15, 0.2) is 0 Å². The minimum atomic E-state index is -0.484. The summed E-state index contributed by atoms with van der Waals surface area (Å²) in [5.41, 5.74) is 2.28. The van der Waals surface area contributed by atoms with Crippen molar-refractivity contribution in [2.24, 2.45) is 0 Å². The Bertz CT molecular complexity index is 1110. The fourth-order valence-electron chi connectivity index (χ4n) is 3.12. The summed E-state index contributed by atoms with van der Waals surface area (Å²) in [6.07, 6.45) is 0.0352. The number of hydrogen-bond acceptors (Lipinski definition) is 5. The number of aromatic nitrogens is 1. The van der Waals surface area contributed by atoms with Crippen LogP contribution >= 0.6 is 11.3 Å². The molecule has 1 amide bonds. The third-order valence-corrected chi connectivity index (χ3v) is 5.62. The van der Waals surface area contributed by atoms with E-state index >= 15 is 0 Å². The van der Waals surface area contributed by atoms with Gasteiger partial charge >= 0.3 is 5.97 Å². The first-order chi connectivity index (χ1) is 14.7. The first-order valence-corrected chi connectivity index (χ1v) is 10.4. The molecule has 3 aromatic carbocycles. The number of fused-ring (bicyclic) bond motifs is 1. The lowest BCUT2D eigenvalue weighted by Crippen LogP contribution is -2.30. The summed E-state index contributed by atoms with van der Waals surface area (Å²) in [5.74, 6) is -0.625. The number of thiazole rings is 1. The number of carbonyl (C=O) groups is 2. The molecule has 1 atom stereocenters. The fraction of sp³-hybridized carbons (Fsp3) is 0.125. The van der Waals surface area contributed by atoms with E-state index in [1.165, 1.54) is 11.3 Å². The number of amides is 1. The molecule has 5 nitrogen and oxygen atoms in total. The molecule has 6 heteroatoms. The number of nitrogens with zero attached hydrogens (tertiary/aromatic N) is 1. The van der Waals surface area contributed by atoms with E-state index in [0.717, 1.165) is 20.8 Å². The first-order valence-electron chi connectivity index (χ1n) is 9.60. The van der Waals surface area contributed by atoms with Crippen LogP contribution in [0.25, 0.3) is 10.2 Å². The number of rotatable bonds is 7. The number of benzene rings is 3. The maximum Gasteiger partial charge on any atom is 0.308 e. The zero-order chi connectivity index (χ0) is 20.8. The van der Waals surface area contributed by atoms with Gasteiger partial charge in [0.2, 0.25) is 0 Å². The van der Waals surface area contributed by atoms with Crippen molar-refractivity contribution < 1.29 is 14.3 Å². The van der Waals surface area contributed by atoms with Crippen LogP contribution in [0.2, 0.25) is 0 Å². The quantitative estimate of drug-likeness (QED) is 0.435. The maximum atomic E-state index is 12.6. The van der Waals surface area contributed by atoms with Crippen molar-refractivity contribution in [3.05, 3.63) is 101 Å². The molecule has 0 radical (unpaired) electrons.